The number of amides is 2. The van der Waals surface area contributed by atoms with E-state index in [1.54, 1.807) is 13.8 Å². The SMILES string of the molecule is CCNC(=O)OC(=O)NCC. The maximum atomic E-state index is 10.5. The van der Waals surface area contributed by atoms with E-state index in [-0.39, 0.29) is 0 Å². The number of carbonyl (C=O) groups excluding carboxylic acids is 2. The first kappa shape index (κ1) is 9.74. The van der Waals surface area contributed by atoms with Crippen LogP contribution in [0.3, 0.4) is 0 Å². The Morgan fingerprint density at radius 2 is 1.45 bits per heavy atom. The van der Waals surface area contributed by atoms with Crippen LogP contribution in [-0.4, -0.2) is 25.3 Å². The fraction of sp³-hybridized carbons (Fsp3) is 0.667. The van der Waals surface area contributed by atoms with Gasteiger partial charge in [-0.2, -0.15) is 0 Å². The van der Waals surface area contributed by atoms with Crippen LogP contribution in [0.2, 0.25) is 0 Å². The molecule has 0 aromatic rings. The van der Waals surface area contributed by atoms with Gasteiger partial charge >= 0.3 is 12.2 Å². The summed E-state index contributed by atoms with van der Waals surface area (Å²) in [6.45, 7) is 4.36. The van der Waals surface area contributed by atoms with Gasteiger partial charge in [-0.3, -0.25) is 0 Å². The molecule has 0 aromatic heterocycles. The molecule has 0 aliphatic carbocycles. The lowest BCUT2D eigenvalue weighted by molar-refractivity contribution is 0.151. The van der Waals surface area contributed by atoms with Crippen molar-refractivity contribution in [3.8, 4) is 0 Å². The van der Waals surface area contributed by atoms with Crippen LogP contribution in [0.25, 0.3) is 0 Å². The molecule has 5 heteroatoms. The first-order chi connectivity index (χ1) is 5.20. The van der Waals surface area contributed by atoms with Crippen LogP contribution in [0.5, 0.6) is 0 Å². The molecule has 0 saturated carbocycles. The third-order valence-corrected chi connectivity index (χ3v) is 0.828. The van der Waals surface area contributed by atoms with Crippen LogP contribution in [0, 0.1) is 0 Å². The van der Waals surface area contributed by atoms with E-state index in [1.165, 1.54) is 0 Å². The highest BCUT2D eigenvalue weighted by atomic mass is 16.6. The zero-order chi connectivity index (χ0) is 8.69. The molecular weight excluding hydrogens is 148 g/mol. The van der Waals surface area contributed by atoms with E-state index in [9.17, 15) is 9.59 Å². The minimum Gasteiger partial charge on any atom is -0.359 e. The molecule has 0 fully saturated rings. The second kappa shape index (κ2) is 5.52. The summed E-state index contributed by atoms with van der Waals surface area (Å²) in [6, 6.07) is 0. The Balaban J connectivity index is 3.49. The quantitative estimate of drug-likeness (QED) is 0.577. The zero-order valence-electron chi connectivity index (χ0n) is 6.64. The van der Waals surface area contributed by atoms with Gasteiger partial charge in [-0.15, -0.1) is 0 Å². The molecule has 0 aliphatic rings. The fourth-order valence-corrected chi connectivity index (χ4v) is 0.445. The Hall–Kier alpha value is -1.26. The minimum atomic E-state index is -0.724. The van der Waals surface area contributed by atoms with Crippen molar-refractivity contribution < 1.29 is 14.3 Å². The third kappa shape index (κ3) is 5.20. The lowest BCUT2D eigenvalue weighted by Crippen LogP contribution is -2.32. The van der Waals surface area contributed by atoms with E-state index in [4.69, 9.17) is 0 Å². The molecule has 2 N–H and O–H groups in total. The summed E-state index contributed by atoms with van der Waals surface area (Å²) in [6.07, 6.45) is -1.45. The van der Waals surface area contributed by atoms with Gasteiger partial charge in [-0.25, -0.2) is 9.59 Å². The average Bonchev–Trinajstić information content (AvgIpc) is 1.87. The number of ether oxygens (including phenoxy) is 1. The summed E-state index contributed by atoms with van der Waals surface area (Å²) in [5.74, 6) is 0. The highest BCUT2D eigenvalue weighted by Crippen LogP contribution is 1.78. The molecule has 0 atom stereocenters. The summed E-state index contributed by atoms with van der Waals surface area (Å²) in [5.41, 5.74) is 0. The van der Waals surface area contributed by atoms with Crippen molar-refractivity contribution in [2.75, 3.05) is 13.1 Å². The number of alkyl carbamates (subject to hydrolysis) is 2. The maximum absolute atomic E-state index is 10.5. The molecule has 0 bridgehead atoms. The second-order valence-corrected chi connectivity index (χ2v) is 1.74. The Kier molecular flexibility index (Phi) is 4.89. The van der Waals surface area contributed by atoms with E-state index in [1.807, 2.05) is 0 Å². The Morgan fingerprint density at radius 1 is 1.09 bits per heavy atom. The van der Waals surface area contributed by atoms with Gasteiger partial charge in [0, 0.05) is 13.1 Å². The van der Waals surface area contributed by atoms with Gasteiger partial charge in [-0.1, -0.05) is 0 Å². The minimum absolute atomic E-state index is 0.443. The number of nitrogens with one attached hydrogen (secondary N) is 2. The van der Waals surface area contributed by atoms with Crippen LogP contribution in [0.4, 0.5) is 9.59 Å². The molecule has 0 aliphatic heterocycles. The molecule has 0 unspecified atom stereocenters. The highest BCUT2D eigenvalue weighted by molar-refractivity contribution is 5.83. The van der Waals surface area contributed by atoms with Crippen molar-refractivity contribution in [3.63, 3.8) is 0 Å². The summed E-state index contributed by atoms with van der Waals surface area (Å²) in [7, 11) is 0. The molecule has 0 rings (SSSR count). The maximum Gasteiger partial charge on any atom is 0.416 e. The van der Waals surface area contributed by atoms with Crippen molar-refractivity contribution in [2.24, 2.45) is 0 Å². The van der Waals surface area contributed by atoms with E-state index >= 15 is 0 Å². The molecule has 5 nitrogen and oxygen atoms in total. The fourth-order valence-electron chi connectivity index (χ4n) is 0.445. The number of carbonyl (C=O) groups is 2. The van der Waals surface area contributed by atoms with Crippen molar-refractivity contribution in [2.45, 2.75) is 13.8 Å². The van der Waals surface area contributed by atoms with Crippen LogP contribution in [0.1, 0.15) is 13.8 Å². The van der Waals surface area contributed by atoms with Gasteiger partial charge in [0.25, 0.3) is 0 Å². The van der Waals surface area contributed by atoms with Gasteiger partial charge in [-0.05, 0) is 13.8 Å². The molecule has 2 amide bonds. The van der Waals surface area contributed by atoms with Crippen molar-refractivity contribution in [3.05, 3.63) is 0 Å². The molecule has 0 spiro atoms. The highest BCUT2D eigenvalue weighted by Gasteiger charge is 2.05. The van der Waals surface area contributed by atoms with Gasteiger partial charge in [0.05, 0.1) is 0 Å². The average molecular weight is 160 g/mol. The summed E-state index contributed by atoms with van der Waals surface area (Å²) < 4.78 is 4.23. The molecule has 64 valence electrons. The third-order valence-electron chi connectivity index (χ3n) is 0.828. The monoisotopic (exact) mass is 160 g/mol. The standard InChI is InChI=1S/C6H12N2O3/c1-3-7-5(9)11-6(10)8-4-2/h3-4H2,1-2H3,(H,7,9)(H,8,10). The predicted molar refractivity (Wildman–Crippen MR) is 39.2 cm³/mol. The smallest absolute Gasteiger partial charge is 0.359 e. The normalized spacial score (nSPS) is 8.55. The molecule has 0 aromatic carbocycles. The lowest BCUT2D eigenvalue weighted by Gasteiger charge is -2.02. The summed E-state index contributed by atoms with van der Waals surface area (Å²) >= 11 is 0. The van der Waals surface area contributed by atoms with Gasteiger partial charge in [0.1, 0.15) is 0 Å². The van der Waals surface area contributed by atoms with Gasteiger partial charge < -0.3 is 15.4 Å². The molecule has 0 saturated heterocycles. The second-order valence-electron chi connectivity index (χ2n) is 1.74. The van der Waals surface area contributed by atoms with E-state index in [0.717, 1.165) is 0 Å². The Bertz CT molecular complexity index is 131. The van der Waals surface area contributed by atoms with Crippen LogP contribution in [0.15, 0.2) is 0 Å². The summed E-state index contributed by atoms with van der Waals surface area (Å²) in [4.78, 5) is 21.1. The van der Waals surface area contributed by atoms with Gasteiger partial charge in [0.2, 0.25) is 0 Å². The van der Waals surface area contributed by atoms with E-state index < -0.39 is 12.2 Å². The zero-order valence-corrected chi connectivity index (χ0v) is 6.64. The Morgan fingerprint density at radius 3 is 1.73 bits per heavy atom. The molecular formula is C6H12N2O3. The lowest BCUT2D eigenvalue weighted by atomic mass is 10.7. The number of rotatable bonds is 2. The molecule has 0 heterocycles. The Labute approximate surface area is 65.1 Å². The summed E-state index contributed by atoms with van der Waals surface area (Å²) in [5, 5.41) is 4.63. The largest absolute Gasteiger partial charge is 0.416 e. The van der Waals surface area contributed by atoms with Crippen LogP contribution >= 0.6 is 0 Å². The predicted octanol–water partition coefficient (Wildman–Crippen LogP) is 0.462. The molecule has 11 heavy (non-hydrogen) atoms. The van der Waals surface area contributed by atoms with Crippen LogP contribution < -0.4 is 10.6 Å². The van der Waals surface area contributed by atoms with Crippen molar-refractivity contribution >= 4 is 12.2 Å². The van der Waals surface area contributed by atoms with E-state index in [0.29, 0.717) is 13.1 Å². The first-order valence-electron chi connectivity index (χ1n) is 3.44. The van der Waals surface area contributed by atoms with Gasteiger partial charge in [0.15, 0.2) is 0 Å². The number of hydrogen-bond acceptors (Lipinski definition) is 3. The first-order valence-corrected chi connectivity index (χ1v) is 3.44. The van der Waals surface area contributed by atoms with Crippen molar-refractivity contribution in [1.82, 2.24) is 10.6 Å². The topological polar surface area (TPSA) is 67.4 Å². The molecule has 0 radical (unpaired) electrons. The van der Waals surface area contributed by atoms with Crippen molar-refractivity contribution in [1.29, 1.82) is 0 Å². The number of hydrogen-bond donors (Lipinski definition) is 2. The van der Waals surface area contributed by atoms with E-state index in [2.05, 4.69) is 15.4 Å². The van der Waals surface area contributed by atoms with Crippen LogP contribution in [-0.2, 0) is 4.74 Å².